The third-order valence-electron chi connectivity index (χ3n) is 2.97. The van der Waals surface area contributed by atoms with Crippen LogP contribution in [0.1, 0.15) is 84.0 Å². The van der Waals surface area contributed by atoms with Crippen molar-refractivity contribution >= 4 is 0 Å². The minimum Gasteiger partial charge on any atom is -0.326 e. The van der Waals surface area contributed by atoms with Gasteiger partial charge in [-0.3, -0.25) is 0 Å². The van der Waals surface area contributed by atoms with Gasteiger partial charge in [-0.2, -0.15) is 0 Å². The summed E-state index contributed by atoms with van der Waals surface area (Å²) < 4.78 is 0. The molecular formula is C14H30N. The molecule has 0 atom stereocenters. The molecular weight excluding hydrogens is 182 g/mol. The Kier molecular flexibility index (Phi) is 13.9. The maximum absolute atomic E-state index is 5.32. The molecule has 0 aliphatic heterocycles. The van der Waals surface area contributed by atoms with E-state index >= 15 is 0 Å². The number of hydrogen-bond donors (Lipinski definition) is 1. The standard InChI is InChI=1S/C14H30N/c1-2-3-4-5-6-7-8-9-10-11-12-13-14-15/h14H,2-13,15H2,1H3. The van der Waals surface area contributed by atoms with Crippen LogP contribution in [-0.4, -0.2) is 0 Å². The van der Waals surface area contributed by atoms with Crippen molar-refractivity contribution in [2.75, 3.05) is 0 Å². The Hall–Kier alpha value is -0.0400. The average Bonchev–Trinajstić information content (AvgIpc) is 2.26. The molecule has 0 saturated carbocycles. The molecule has 2 N–H and O–H groups in total. The van der Waals surface area contributed by atoms with E-state index in [4.69, 9.17) is 5.73 Å². The molecule has 0 amide bonds. The quantitative estimate of drug-likeness (QED) is 0.462. The SMILES string of the molecule is CCCCCCCCCCCCC[CH]N. The van der Waals surface area contributed by atoms with E-state index in [1.54, 1.807) is 6.54 Å². The highest BCUT2D eigenvalue weighted by molar-refractivity contribution is 4.54. The Labute approximate surface area is 96.8 Å². The van der Waals surface area contributed by atoms with Crippen molar-refractivity contribution in [2.24, 2.45) is 5.73 Å². The molecule has 91 valence electrons. The van der Waals surface area contributed by atoms with Crippen molar-refractivity contribution in [1.82, 2.24) is 0 Å². The van der Waals surface area contributed by atoms with Gasteiger partial charge in [-0.15, -0.1) is 0 Å². The lowest BCUT2D eigenvalue weighted by Gasteiger charge is -2.01. The van der Waals surface area contributed by atoms with E-state index < -0.39 is 0 Å². The molecule has 0 heterocycles. The number of hydrogen-bond acceptors (Lipinski definition) is 1. The van der Waals surface area contributed by atoms with Crippen molar-refractivity contribution in [2.45, 2.75) is 84.0 Å². The molecule has 0 bridgehead atoms. The summed E-state index contributed by atoms with van der Waals surface area (Å²) in [5.41, 5.74) is 5.32. The number of rotatable bonds is 12. The van der Waals surface area contributed by atoms with Crippen molar-refractivity contribution in [3.63, 3.8) is 0 Å². The highest BCUT2D eigenvalue weighted by Gasteiger charge is 1.92. The van der Waals surface area contributed by atoms with Gasteiger partial charge in [0.05, 0.1) is 0 Å². The molecule has 0 aromatic heterocycles. The third kappa shape index (κ3) is 14.0. The Morgan fingerprint density at radius 1 is 0.667 bits per heavy atom. The smallest absolute Gasteiger partial charge is 0.0192 e. The Morgan fingerprint density at radius 3 is 1.47 bits per heavy atom. The van der Waals surface area contributed by atoms with Gasteiger partial charge in [0.2, 0.25) is 0 Å². The van der Waals surface area contributed by atoms with Crippen LogP contribution in [0.25, 0.3) is 0 Å². The molecule has 0 spiro atoms. The van der Waals surface area contributed by atoms with Gasteiger partial charge in [0.25, 0.3) is 0 Å². The van der Waals surface area contributed by atoms with Gasteiger partial charge in [0, 0.05) is 6.54 Å². The van der Waals surface area contributed by atoms with Crippen LogP contribution < -0.4 is 5.73 Å². The van der Waals surface area contributed by atoms with Crippen LogP contribution in [0.15, 0.2) is 0 Å². The molecule has 0 fully saturated rings. The summed E-state index contributed by atoms with van der Waals surface area (Å²) in [6.07, 6.45) is 16.6. The van der Waals surface area contributed by atoms with Crippen molar-refractivity contribution < 1.29 is 0 Å². The van der Waals surface area contributed by atoms with Crippen LogP contribution in [0, 0.1) is 6.54 Å². The second-order valence-electron chi connectivity index (χ2n) is 4.56. The second kappa shape index (κ2) is 14.0. The molecule has 0 saturated heterocycles. The van der Waals surface area contributed by atoms with Crippen LogP contribution in [0.4, 0.5) is 0 Å². The van der Waals surface area contributed by atoms with E-state index in [1.165, 1.54) is 70.6 Å². The number of unbranched alkanes of at least 4 members (excludes halogenated alkanes) is 11. The lowest BCUT2D eigenvalue weighted by Crippen LogP contribution is -1.89. The van der Waals surface area contributed by atoms with E-state index in [0.717, 1.165) is 6.42 Å². The molecule has 0 aromatic carbocycles. The zero-order valence-corrected chi connectivity index (χ0v) is 10.6. The third-order valence-corrected chi connectivity index (χ3v) is 2.97. The first kappa shape index (κ1) is 15.0. The zero-order chi connectivity index (χ0) is 11.2. The van der Waals surface area contributed by atoms with Crippen LogP contribution >= 0.6 is 0 Å². The molecule has 0 unspecified atom stereocenters. The maximum Gasteiger partial charge on any atom is 0.0192 e. The van der Waals surface area contributed by atoms with Crippen molar-refractivity contribution in [1.29, 1.82) is 0 Å². The number of nitrogens with two attached hydrogens (primary N) is 1. The molecule has 1 radical (unpaired) electrons. The summed E-state index contributed by atoms with van der Waals surface area (Å²) in [6.45, 7) is 4.06. The highest BCUT2D eigenvalue weighted by atomic mass is 14.5. The van der Waals surface area contributed by atoms with E-state index in [9.17, 15) is 0 Å². The van der Waals surface area contributed by atoms with Crippen LogP contribution in [-0.2, 0) is 0 Å². The maximum atomic E-state index is 5.32. The fourth-order valence-electron chi connectivity index (χ4n) is 1.93. The minimum absolute atomic E-state index is 1.09. The zero-order valence-electron chi connectivity index (χ0n) is 10.6. The molecule has 0 aliphatic carbocycles. The Morgan fingerprint density at radius 2 is 1.07 bits per heavy atom. The molecule has 0 aliphatic rings. The van der Waals surface area contributed by atoms with E-state index in [1.807, 2.05) is 0 Å². The van der Waals surface area contributed by atoms with E-state index in [-0.39, 0.29) is 0 Å². The normalized spacial score (nSPS) is 10.8. The molecule has 0 aromatic rings. The summed E-state index contributed by atoms with van der Waals surface area (Å²) >= 11 is 0. The first-order valence-corrected chi connectivity index (χ1v) is 6.95. The Bertz CT molecular complexity index is 89.5. The lowest BCUT2D eigenvalue weighted by molar-refractivity contribution is 0.548. The lowest BCUT2D eigenvalue weighted by atomic mass is 10.1. The predicted octanol–water partition coefficient (Wildman–Crippen LogP) is 4.81. The Balaban J connectivity index is 2.81. The van der Waals surface area contributed by atoms with Gasteiger partial charge >= 0.3 is 0 Å². The second-order valence-corrected chi connectivity index (χ2v) is 4.56. The van der Waals surface area contributed by atoms with Gasteiger partial charge in [0.1, 0.15) is 0 Å². The van der Waals surface area contributed by atoms with Gasteiger partial charge in [-0.25, -0.2) is 0 Å². The highest BCUT2D eigenvalue weighted by Crippen LogP contribution is 2.11. The van der Waals surface area contributed by atoms with Gasteiger partial charge in [-0.1, -0.05) is 77.6 Å². The monoisotopic (exact) mass is 212 g/mol. The van der Waals surface area contributed by atoms with E-state index in [2.05, 4.69) is 6.92 Å². The van der Waals surface area contributed by atoms with Crippen LogP contribution in [0.5, 0.6) is 0 Å². The summed E-state index contributed by atoms with van der Waals surface area (Å²) in [5, 5.41) is 0. The van der Waals surface area contributed by atoms with Crippen molar-refractivity contribution in [3.8, 4) is 0 Å². The first-order valence-electron chi connectivity index (χ1n) is 6.95. The van der Waals surface area contributed by atoms with Gasteiger partial charge in [-0.05, 0) is 6.42 Å². The average molecular weight is 212 g/mol. The molecule has 0 rings (SSSR count). The van der Waals surface area contributed by atoms with Gasteiger partial charge in [0.15, 0.2) is 0 Å². The minimum atomic E-state index is 1.09. The van der Waals surface area contributed by atoms with Crippen molar-refractivity contribution in [3.05, 3.63) is 6.54 Å². The largest absolute Gasteiger partial charge is 0.326 e. The first-order chi connectivity index (χ1) is 7.41. The fourth-order valence-corrected chi connectivity index (χ4v) is 1.93. The van der Waals surface area contributed by atoms with E-state index in [0.29, 0.717) is 0 Å². The van der Waals surface area contributed by atoms with Gasteiger partial charge < -0.3 is 5.73 Å². The topological polar surface area (TPSA) is 26.0 Å². The van der Waals surface area contributed by atoms with Crippen LogP contribution in [0.2, 0.25) is 0 Å². The van der Waals surface area contributed by atoms with Crippen LogP contribution in [0.3, 0.4) is 0 Å². The fraction of sp³-hybridized carbons (Fsp3) is 0.929. The predicted molar refractivity (Wildman–Crippen MR) is 69.6 cm³/mol. The summed E-state index contributed by atoms with van der Waals surface area (Å²) in [6, 6.07) is 0. The molecule has 1 nitrogen and oxygen atoms in total. The summed E-state index contributed by atoms with van der Waals surface area (Å²) in [7, 11) is 0. The summed E-state index contributed by atoms with van der Waals surface area (Å²) in [4.78, 5) is 0. The summed E-state index contributed by atoms with van der Waals surface area (Å²) in [5.74, 6) is 0. The molecule has 1 heteroatoms. The molecule has 15 heavy (non-hydrogen) atoms.